The Bertz CT molecular complexity index is 504. The zero-order chi connectivity index (χ0) is 14.7. The van der Waals surface area contributed by atoms with Crippen LogP contribution in [0.3, 0.4) is 0 Å². The quantitative estimate of drug-likeness (QED) is 0.851. The number of hydrogen-bond donors (Lipinski definition) is 0. The largest absolute Gasteiger partial charge is 0.334 e. The highest BCUT2D eigenvalue weighted by molar-refractivity contribution is 7.99. The van der Waals surface area contributed by atoms with E-state index in [0.29, 0.717) is 0 Å². The third kappa shape index (κ3) is 3.55. The standard InChI is InChI=1S/C15H22N4OS/c1-12(20)19-4-2-3-15(19)14-10-16-9-13(17-14)11-18-5-7-21-8-6-18/h9-10,15H,2-8,11H2,1H3/t15-/m0/s1. The Morgan fingerprint density at radius 3 is 2.90 bits per heavy atom. The van der Waals surface area contributed by atoms with Gasteiger partial charge >= 0.3 is 0 Å². The molecular formula is C15H22N4OS. The Morgan fingerprint density at radius 2 is 2.14 bits per heavy atom. The molecule has 0 aliphatic carbocycles. The van der Waals surface area contributed by atoms with Crippen LogP contribution in [0.1, 0.15) is 37.2 Å². The van der Waals surface area contributed by atoms with Gasteiger partial charge in [-0.1, -0.05) is 0 Å². The summed E-state index contributed by atoms with van der Waals surface area (Å²) in [5.41, 5.74) is 1.97. The minimum Gasteiger partial charge on any atom is -0.334 e. The molecule has 2 aliphatic heterocycles. The molecule has 1 amide bonds. The first kappa shape index (κ1) is 14.8. The number of thioether (sulfide) groups is 1. The minimum absolute atomic E-state index is 0.117. The molecule has 1 aromatic rings. The van der Waals surface area contributed by atoms with Crippen LogP contribution in [0.2, 0.25) is 0 Å². The lowest BCUT2D eigenvalue weighted by Crippen LogP contribution is -2.32. The highest BCUT2D eigenvalue weighted by Gasteiger charge is 2.29. The van der Waals surface area contributed by atoms with E-state index in [-0.39, 0.29) is 11.9 Å². The lowest BCUT2D eigenvalue weighted by atomic mass is 10.1. The van der Waals surface area contributed by atoms with Crippen molar-refractivity contribution in [2.24, 2.45) is 0 Å². The molecule has 6 heteroatoms. The maximum absolute atomic E-state index is 11.7. The van der Waals surface area contributed by atoms with E-state index in [9.17, 15) is 4.79 Å². The summed E-state index contributed by atoms with van der Waals surface area (Å²) in [6.07, 6.45) is 5.73. The van der Waals surface area contributed by atoms with Gasteiger partial charge in [-0.15, -0.1) is 0 Å². The predicted octanol–water partition coefficient (Wildman–Crippen LogP) is 1.71. The number of likely N-dealkylation sites (tertiary alicyclic amines) is 1. The van der Waals surface area contributed by atoms with Crippen LogP contribution in [0.15, 0.2) is 12.4 Å². The normalized spacial score (nSPS) is 23.5. The van der Waals surface area contributed by atoms with Gasteiger partial charge in [0.15, 0.2) is 0 Å². The van der Waals surface area contributed by atoms with Crippen LogP contribution in [0.5, 0.6) is 0 Å². The lowest BCUT2D eigenvalue weighted by molar-refractivity contribution is -0.129. The monoisotopic (exact) mass is 306 g/mol. The van der Waals surface area contributed by atoms with Crippen LogP contribution in [-0.2, 0) is 11.3 Å². The molecule has 0 aromatic carbocycles. The Labute approximate surface area is 130 Å². The number of carbonyl (C=O) groups is 1. The van der Waals surface area contributed by atoms with Crippen molar-refractivity contribution in [3.63, 3.8) is 0 Å². The van der Waals surface area contributed by atoms with E-state index in [4.69, 9.17) is 4.98 Å². The van der Waals surface area contributed by atoms with Crippen molar-refractivity contribution in [3.05, 3.63) is 23.8 Å². The van der Waals surface area contributed by atoms with Crippen molar-refractivity contribution >= 4 is 17.7 Å². The van der Waals surface area contributed by atoms with Crippen molar-refractivity contribution < 1.29 is 4.79 Å². The van der Waals surface area contributed by atoms with Crippen LogP contribution in [0.25, 0.3) is 0 Å². The van der Waals surface area contributed by atoms with Crippen LogP contribution >= 0.6 is 11.8 Å². The van der Waals surface area contributed by atoms with E-state index in [1.54, 1.807) is 6.92 Å². The summed E-state index contributed by atoms with van der Waals surface area (Å²) in [6, 6.07) is 0.117. The molecule has 2 fully saturated rings. The molecule has 0 radical (unpaired) electrons. The second-order valence-corrected chi connectivity index (χ2v) is 6.92. The van der Waals surface area contributed by atoms with Crippen molar-refractivity contribution in [2.75, 3.05) is 31.1 Å². The molecule has 1 atom stereocenters. The molecular weight excluding hydrogens is 284 g/mol. The molecule has 3 heterocycles. The van der Waals surface area contributed by atoms with E-state index in [1.807, 2.05) is 29.1 Å². The smallest absolute Gasteiger partial charge is 0.220 e. The molecule has 0 unspecified atom stereocenters. The summed E-state index contributed by atoms with van der Waals surface area (Å²) in [7, 11) is 0. The molecule has 2 aliphatic rings. The van der Waals surface area contributed by atoms with Gasteiger partial charge in [0.1, 0.15) is 0 Å². The van der Waals surface area contributed by atoms with E-state index in [2.05, 4.69) is 9.88 Å². The first-order valence-corrected chi connectivity index (χ1v) is 8.77. The summed E-state index contributed by atoms with van der Waals surface area (Å²) >= 11 is 2.01. The van der Waals surface area contributed by atoms with E-state index >= 15 is 0 Å². The topological polar surface area (TPSA) is 49.3 Å². The Morgan fingerprint density at radius 1 is 1.33 bits per heavy atom. The third-order valence-electron chi connectivity index (χ3n) is 4.19. The van der Waals surface area contributed by atoms with Gasteiger partial charge in [-0.25, -0.2) is 0 Å². The fourth-order valence-corrected chi connectivity index (χ4v) is 4.08. The maximum Gasteiger partial charge on any atom is 0.220 e. The van der Waals surface area contributed by atoms with Gasteiger partial charge in [0.25, 0.3) is 0 Å². The van der Waals surface area contributed by atoms with Gasteiger partial charge in [-0.3, -0.25) is 19.7 Å². The van der Waals surface area contributed by atoms with E-state index < -0.39 is 0 Å². The number of rotatable bonds is 3. The Kier molecular flexibility index (Phi) is 4.75. The maximum atomic E-state index is 11.7. The summed E-state index contributed by atoms with van der Waals surface area (Å²) in [5, 5.41) is 0. The number of nitrogens with zero attached hydrogens (tertiary/aromatic N) is 4. The fraction of sp³-hybridized carbons (Fsp3) is 0.667. The van der Waals surface area contributed by atoms with Crippen LogP contribution < -0.4 is 0 Å². The Balaban J connectivity index is 1.71. The van der Waals surface area contributed by atoms with E-state index in [0.717, 1.165) is 50.4 Å². The van der Waals surface area contributed by atoms with Gasteiger partial charge in [0.05, 0.1) is 23.6 Å². The molecule has 114 valence electrons. The van der Waals surface area contributed by atoms with Crippen LogP contribution in [-0.4, -0.2) is 56.8 Å². The number of hydrogen-bond acceptors (Lipinski definition) is 5. The molecule has 0 saturated carbocycles. The average molecular weight is 306 g/mol. The third-order valence-corrected chi connectivity index (χ3v) is 5.13. The van der Waals surface area contributed by atoms with Gasteiger partial charge < -0.3 is 4.90 Å². The second kappa shape index (κ2) is 6.75. The summed E-state index contributed by atoms with van der Waals surface area (Å²) < 4.78 is 0. The first-order valence-electron chi connectivity index (χ1n) is 7.62. The van der Waals surface area contributed by atoms with E-state index in [1.165, 1.54) is 11.5 Å². The molecule has 0 bridgehead atoms. The van der Waals surface area contributed by atoms with Crippen LogP contribution in [0.4, 0.5) is 0 Å². The zero-order valence-electron chi connectivity index (χ0n) is 12.5. The molecule has 21 heavy (non-hydrogen) atoms. The molecule has 3 rings (SSSR count). The summed E-state index contributed by atoms with van der Waals surface area (Å²) in [5.74, 6) is 2.54. The number of carbonyl (C=O) groups excluding carboxylic acids is 1. The van der Waals surface area contributed by atoms with Crippen LogP contribution in [0, 0.1) is 0 Å². The SMILES string of the molecule is CC(=O)N1CCC[C@H]1c1cncc(CN2CCSCC2)n1. The fourth-order valence-electron chi connectivity index (χ4n) is 3.10. The second-order valence-electron chi connectivity index (χ2n) is 5.69. The minimum atomic E-state index is 0.117. The lowest BCUT2D eigenvalue weighted by Gasteiger charge is -2.26. The van der Waals surface area contributed by atoms with Gasteiger partial charge in [-0.05, 0) is 12.8 Å². The van der Waals surface area contributed by atoms with Crippen molar-refractivity contribution in [1.29, 1.82) is 0 Å². The van der Waals surface area contributed by atoms with Gasteiger partial charge in [-0.2, -0.15) is 11.8 Å². The molecule has 0 N–H and O–H groups in total. The summed E-state index contributed by atoms with van der Waals surface area (Å²) in [4.78, 5) is 25.2. The highest BCUT2D eigenvalue weighted by Crippen LogP contribution is 2.30. The number of aromatic nitrogens is 2. The predicted molar refractivity (Wildman–Crippen MR) is 84.0 cm³/mol. The summed E-state index contributed by atoms with van der Waals surface area (Å²) in [6.45, 7) is 5.60. The van der Waals surface area contributed by atoms with Crippen molar-refractivity contribution in [3.8, 4) is 0 Å². The average Bonchev–Trinajstić information content (AvgIpc) is 2.98. The zero-order valence-corrected chi connectivity index (χ0v) is 13.3. The van der Waals surface area contributed by atoms with Crippen molar-refractivity contribution in [1.82, 2.24) is 19.8 Å². The van der Waals surface area contributed by atoms with Gasteiger partial charge in [0.2, 0.25) is 5.91 Å². The van der Waals surface area contributed by atoms with Gasteiger partial charge in [0, 0.05) is 50.8 Å². The molecule has 5 nitrogen and oxygen atoms in total. The molecule has 0 spiro atoms. The molecule has 1 aromatic heterocycles. The number of amides is 1. The highest BCUT2D eigenvalue weighted by atomic mass is 32.2. The first-order chi connectivity index (χ1) is 10.2. The van der Waals surface area contributed by atoms with Crippen molar-refractivity contribution in [2.45, 2.75) is 32.4 Å². The Hall–Kier alpha value is -1.14. The molecule has 2 saturated heterocycles.